The van der Waals surface area contributed by atoms with Gasteiger partial charge < -0.3 is 16.8 Å². The summed E-state index contributed by atoms with van der Waals surface area (Å²) < 4.78 is 0. The highest BCUT2D eigenvalue weighted by Gasteiger charge is 2.30. The van der Waals surface area contributed by atoms with Gasteiger partial charge in [-0.1, -0.05) is 19.3 Å². The fourth-order valence-corrected chi connectivity index (χ4v) is 2.90. The highest BCUT2D eigenvalue weighted by molar-refractivity contribution is 5.95. The van der Waals surface area contributed by atoms with Gasteiger partial charge in [-0.25, -0.2) is 0 Å². The Bertz CT molecular complexity index is 548. The minimum Gasteiger partial charge on any atom is -0.366 e. The third-order valence-corrected chi connectivity index (χ3v) is 4.15. The molecule has 2 rings (SSSR count). The number of hydrogen-bond acceptors (Lipinski definition) is 3. The molecule has 1 aromatic carbocycles. The van der Waals surface area contributed by atoms with Crippen LogP contribution in [0.5, 0.6) is 0 Å². The molecule has 0 spiro atoms. The minimum atomic E-state index is -0.473. The molecule has 0 heterocycles. The van der Waals surface area contributed by atoms with Crippen LogP contribution in [0.2, 0.25) is 0 Å². The highest BCUT2D eigenvalue weighted by Crippen LogP contribution is 2.29. The maximum absolute atomic E-state index is 12.2. The molecular formula is C16H23N3O2. The largest absolute Gasteiger partial charge is 0.366 e. The fraction of sp³-hybridized carbons (Fsp3) is 0.500. The van der Waals surface area contributed by atoms with E-state index in [-0.39, 0.29) is 11.4 Å². The summed E-state index contributed by atoms with van der Waals surface area (Å²) in [5, 5.41) is 2.88. The Morgan fingerprint density at radius 2 is 1.90 bits per heavy atom. The minimum absolute atomic E-state index is 0.0747. The summed E-state index contributed by atoms with van der Waals surface area (Å²) >= 11 is 0. The number of carbonyl (C=O) groups excluding carboxylic acids is 2. The second kappa shape index (κ2) is 6.26. The molecule has 5 nitrogen and oxygen atoms in total. The number of nitrogens with one attached hydrogen (secondary N) is 1. The van der Waals surface area contributed by atoms with Gasteiger partial charge in [-0.05, 0) is 43.5 Å². The molecule has 0 saturated heterocycles. The second-order valence-corrected chi connectivity index (χ2v) is 6.04. The summed E-state index contributed by atoms with van der Waals surface area (Å²) in [7, 11) is 0. The lowest BCUT2D eigenvalue weighted by Gasteiger charge is -2.32. The number of amides is 2. The second-order valence-electron chi connectivity index (χ2n) is 6.04. The van der Waals surface area contributed by atoms with Gasteiger partial charge in [0.05, 0.1) is 0 Å². The van der Waals surface area contributed by atoms with Crippen molar-refractivity contribution in [3.63, 3.8) is 0 Å². The molecule has 1 aromatic rings. The van der Waals surface area contributed by atoms with Gasteiger partial charge in [0.15, 0.2) is 0 Å². The lowest BCUT2D eigenvalue weighted by molar-refractivity contribution is -0.117. The van der Waals surface area contributed by atoms with Crippen molar-refractivity contribution < 1.29 is 9.59 Å². The van der Waals surface area contributed by atoms with Gasteiger partial charge in [0, 0.05) is 23.2 Å². The first-order valence-corrected chi connectivity index (χ1v) is 7.39. The molecular weight excluding hydrogens is 266 g/mol. The Morgan fingerprint density at radius 3 is 2.48 bits per heavy atom. The van der Waals surface area contributed by atoms with Crippen LogP contribution in [-0.4, -0.2) is 17.4 Å². The molecule has 21 heavy (non-hydrogen) atoms. The SMILES string of the molecule is Cc1cc(C(N)=O)ccc1NC(=O)CC1(N)CCCCC1. The number of aryl methyl sites for hydroxylation is 1. The van der Waals surface area contributed by atoms with Crippen LogP contribution < -0.4 is 16.8 Å². The van der Waals surface area contributed by atoms with Gasteiger partial charge in [0.1, 0.15) is 0 Å². The number of hydrogen-bond donors (Lipinski definition) is 3. The fourth-order valence-electron chi connectivity index (χ4n) is 2.90. The molecule has 0 bridgehead atoms. The first kappa shape index (κ1) is 15.5. The predicted octanol–water partition coefficient (Wildman–Crippen LogP) is 2.08. The van der Waals surface area contributed by atoms with E-state index in [2.05, 4.69) is 5.32 Å². The van der Waals surface area contributed by atoms with Crippen molar-refractivity contribution >= 4 is 17.5 Å². The predicted molar refractivity (Wildman–Crippen MR) is 82.9 cm³/mol. The average molecular weight is 289 g/mol. The summed E-state index contributed by atoms with van der Waals surface area (Å²) in [4.78, 5) is 23.3. The highest BCUT2D eigenvalue weighted by atomic mass is 16.2. The summed E-state index contributed by atoms with van der Waals surface area (Å²) in [6, 6.07) is 5.00. The van der Waals surface area contributed by atoms with Gasteiger partial charge in [-0.3, -0.25) is 9.59 Å². The van der Waals surface area contributed by atoms with Crippen LogP contribution in [0.1, 0.15) is 54.4 Å². The number of primary amides is 1. The molecule has 5 N–H and O–H groups in total. The van der Waals surface area contributed by atoms with Gasteiger partial charge in [0.25, 0.3) is 0 Å². The van der Waals surface area contributed by atoms with Gasteiger partial charge >= 0.3 is 0 Å². The number of carbonyl (C=O) groups is 2. The first-order valence-electron chi connectivity index (χ1n) is 7.39. The number of nitrogens with two attached hydrogens (primary N) is 2. The molecule has 1 saturated carbocycles. The third kappa shape index (κ3) is 4.04. The molecule has 0 aromatic heterocycles. The molecule has 1 aliphatic rings. The van der Waals surface area contributed by atoms with E-state index < -0.39 is 5.91 Å². The van der Waals surface area contributed by atoms with Crippen molar-refractivity contribution in [1.29, 1.82) is 0 Å². The van der Waals surface area contributed by atoms with Gasteiger partial charge in [-0.15, -0.1) is 0 Å². The Morgan fingerprint density at radius 1 is 1.24 bits per heavy atom. The van der Waals surface area contributed by atoms with Crippen LogP contribution in [0.15, 0.2) is 18.2 Å². The van der Waals surface area contributed by atoms with Crippen LogP contribution in [0.25, 0.3) is 0 Å². The molecule has 5 heteroatoms. The molecule has 1 aliphatic carbocycles. The van der Waals surface area contributed by atoms with E-state index in [9.17, 15) is 9.59 Å². The van der Waals surface area contributed by atoms with Gasteiger partial charge in [0.2, 0.25) is 11.8 Å². The van der Waals surface area contributed by atoms with E-state index >= 15 is 0 Å². The zero-order valence-electron chi connectivity index (χ0n) is 12.4. The summed E-state index contributed by atoms with van der Waals surface area (Å²) in [6.45, 7) is 1.83. The summed E-state index contributed by atoms with van der Waals surface area (Å²) in [6.07, 6.45) is 5.53. The summed E-state index contributed by atoms with van der Waals surface area (Å²) in [5.74, 6) is -0.548. The molecule has 114 valence electrons. The first-order chi connectivity index (χ1) is 9.89. The van der Waals surface area contributed by atoms with Crippen LogP contribution in [0.3, 0.4) is 0 Å². The van der Waals surface area contributed by atoms with Crippen LogP contribution >= 0.6 is 0 Å². The monoisotopic (exact) mass is 289 g/mol. The average Bonchev–Trinajstić information content (AvgIpc) is 2.41. The van der Waals surface area contributed by atoms with E-state index in [1.165, 1.54) is 6.42 Å². The van der Waals surface area contributed by atoms with E-state index in [1.54, 1.807) is 18.2 Å². The van der Waals surface area contributed by atoms with Crippen molar-refractivity contribution in [2.45, 2.75) is 51.0 Å². The summed E-state index contributed by atoms with van der Waals surface area (Å²) in [5.41, 5.74) is 13.1. The number of anilines is 1. The molecule has 0 aliphatic heterocycles. The van der Waals surface area contributed by atoms with E-state index in [0.29, 0.717) is 17.7 Å². The molecule has 0 radical (unpaired) electrons. The number of benzene rings is 1. The topological polar surface area (TPSA) is 98.2 Å². The molecule has 0 atom stereocenters. The van der Waals surface area contributed by atoms with E-state index in [0.717, 1.165) is 31.2 Å². The Hall–Kier alpha value is -1.88. The van der Waals surface area contributed by atoms with E-state index in [4.69, 9.17) is 11.5 Å². The van der Waals surface area contributed by atoms with Gasteiger partial charge in [-0.2, -0.15) is 0 Å². The Labute approximate surface area is 125 Å². The zero-order valence-corrected chi connectivity index (χ0v) is 12.4. The van der Waals surface area contributed by atoms with Crippen LogP contribution in [0.4, 0.5) is 5.69 Å². The quantitative estimate of drug-likeness (QED) is 0.791. The Balaban J connectivity index is 2.01. The lowest BCUT2D eigenvalue weighted by Crippen LogP contribution is -2.44. The molecule has 1 fully saturated rings. The third-order valence-electron chi connectivity index (χ3n) is 4.15. The van der Waals surface area contributed by atoms with Crippen molar-refractivity contribution in [2.24, 2.45) is 11.5 Å². The van der Waals surface area contributed by atoms with Crippen LogP contribution in [0, 0.1) is 6.92 Å². The van der Waals surface area contributed by atoms with Crippen molar-refractivity contribution in [3.8, 4) is 0 Å². The normalized spacial score (nSPS) is 17.2. The van der Waals surface area contributed by atoms with E-state index in [1.807, 2.05) is 6.92 Å². The number of rotatable bonds is 4. The van der Waals surface area contributed by atoms with Crippen molar-refractivity contribution in [3.05, 3.63) is 29.3 Å². The zero-order chi connectivity index (χ0) is 15.5. The maximum atomic E-state index is 12.2. The smallest absolute Gasteiger partial charge is 0.248 e. The van der Waals surface area contributed by atoms with Crippen molar-refractivity contribution in [1.82, 2.24) is 0 Å². The molecule has 2 amide bonds. The standard InChI is InChI=1S/C16H23N3O2/c1-11-9-12(15(17)21)5-6-13(11)19-14(20)10-16(18)7-3-2-4-8-16/h5-6,9H,2-4,7-8,10,18H2,1H3,(H2,17,21)(H,19,20). The maximum Gasteiger partial charge on any atom is 0.248 e. The Kier molecular flexibility index (Phi) is 4.63. The lowest BCUT2D eigenvalue weighted by atomic mass is 9.80. The van der Waals surface area contributed by atoms with Crippen molar-refractivity contribution in [2.75, 3.05) is 5.32 Å². The molecule has 0 unspecified atom stereocenters. The van der Waals surface area contributed by atoms with Crippen LogP contribution in [-0.2, 0) is 4.79 Å².